The molecule has 2 aromatic heterocycles. The van der Waals surface area contributed by atoms with E-state index in [0.717, 1.165) is 9.13 Å². The normalized spacial score (nSPS) is 12.3. The molecule has 34 heavy (non-hydrogen) atoms. The first-order valence-electron chi connectivity index (χ1n) is 10.2. The Bertz CT molecular complexity index is 1570. The molecule has 0 fully saturated rings. The van der Waals surface area contributed by atoms with Crippen molar-refractivity contribution in [3.05, 3.63) is 74.3 Å². The van der Waals surface area contributed by atoms with Gasteiger partial charge in [0.05, 0.1) is 10.9 Å². The molecule has 0 aliphatic carbocycles. The van der Waals surface area contributed by atoms with Crippen LogP contribution in [0.1, 0.15) is 17.3 Å². The highest BCUT2D eigenvalue weighted by atomic mass is 19.1. The smallest absolute Gasteiger partial charge is 0.332 e. The maximum atomic E-state index is 13.9. The van der Waals surface area contributed by atoms with Gasteiger partial charge in [0.1, 0.15) is 18.9 Å². The summed E-state index contributed by atoms with van der Waals surface area (Å²) >= 11 is 0. The lowest BCUT2D eigenvalue weighted by atomic mass is 10.2. The molecule has 4 aromatic rings. The zero-order valence-electron chi connectivity index (χ0n) is 18.1. The van der Waals surface area contributed by atoms with Gasteiger partial charge < -0.3 is 19.3 Å². The van der Waals surface area contributed by atoms with Crippen molar-refractivity contribution in [2.24, 2.45) is 0 Å². The van der Waals surface area contributed by atoms with Gasteiger partial charge in [0.15, 0.2) is 17.3 Å². The van der Waals surface area contributed by atoms with E-state index in [4.69, 9.17) is 14.0 Å². The van der Waals surface area contributed by atoms with Gasteiger partial charge in [-0.15, -0.1) is 0 Å². The molecule has 0 unspecified atom stereocenters. The number of aromatic nitrogens is 4. The molecule has 1 aliphatic heterocycles. The van der Waals surface area contributed by atoms with E-state index in [1.807, 2.05) is 0 Å². The van der Waals surface area contributed by atoms with Gasteiger partial charge in [0.25, 0.3) is 5.56 Å². The number of halogens is 1. The molecule has 11 nitrogen and oxygen atoms in total. The average Bonchev–Trinajstić information content (AvgIpc) is 3.43. The van der Waals surface area contributed by atoms with Crippen LogP contribution in [0.5, 0.6) is 11.5 Å². The molecule has 0 atom stereocenters. The lowest BCUT2D eigenvalue weighted by Gasteiger charge is -2.14. The fourth-order valence-electron chi connectivity index (χ4n) is 3.65. The zero-order valence-corrected chi connectivity index (χ0v) is 18.1. The van der Waals surface area contributed by atoms with Crippen molar-refractivity contribution < 1.29 is 23.2 Å². The van der Waals surface area contributed by atoms with Crippen LogP contribution in [-0.2, 0) is 17.9 Å². The molecule has 12 heteroatoms. The van der Waals surface area contributed by atoms with Crippen LogP contribution in [-0.4, -0.2) is 32.0 Å². The maximum Gasteiger partial charge on any atom is 0.332 e. The number of benzene rings is 2. The number of hydrogen-bond donors (Lipinski definition) is 1. The van der Waals surface area contributed by atoms with Crippen LogP contribution >= 0.6 is 0 Å². The molecule has 1 amide bonds. The number of ether oxygens (including phenoxy) is 2. The van der Waals surface area contributed by atoms with Crippen molar-refractivity contribution in [2.45, 2.75) is 26.9 Å². The van der Waals surface area contributed by atoms with Crippen LogP contribution in [0, 0.1) is 19.7 Å². The summed E-state index contributed by atoms with van der Waals surface area (Å²) in [5, 5.41) is 6.37. The van der Waals surface area contributed by atoms with E-state index in [2.05, 4.69) is 15.5 Å². The molecule has 1 aliphatic rings. The Hall–Kier alpha value is -4.48. The molecule has 3 heterocycles. The Balaban J connectivity index is 1.59. The molecule has 1 N–H and O–H groups in total. The van der Waals surface area contributed by atoms with E-state index < -0.39 is 29.5 Å². The number of aryl methyl sites for hydroxylation is 2. The van der Waals surface area contributed by atoms with Gasteiger partial charge in [-0.2, -0.15) is 4.98 Å². The number of carbonyl (C=O) groups is 1. The fraction of sp³-hybridized carbons (Fsp3) is 0.227. The molecular formula is C22H18FN5O6. The molecule has 2 aromatic carbocycles. The highest BCUT2D eigenvalue weighted by molar-refractivity contribution is 5.92. The number of fused-ring (bicyclic) bond motifs is 2. The van der Waals surface area contributed by atoms with E-state index in [9.17, 15) is 18.8 Å². The summed E-state index contributed by atoms with van der Waals surface area (Å²) in [6.45, 7) is 2.43. The van der Waals surface area contributed by atoms with E-state index in [0.29, 0.717) is 22.9 Å². The van der Waals surface area contributed by atoms with Gasteiger partial charge in [0.2, 0.25) is 18.6 Å². The predicted octanol–water partition coefficient (Wildman–Crippen LogP) is 1.72. The van der Waals surface area contributed by atoms with Crippen molar-refractivity contribution in [3.8, 4) is 11.5 Å². The number of anilines is 1. The molecule has 0 saturated carbocycles. The van der Waals surface area contributed by atoms with Gasteiger partial charge in [-0.1, -0.05) is 11.2 Å². The molecular weight excluding hydrogens is 449 g/mol. The summed E-state index contributed by atoms with van der Waals surface area (Å²) < 4.78 is 31.7. The van der Waals surface area contributed by atoms with E-state index in [-0.39, 0.29) is 35.8 Å². The van der Waals surface area contributed by atoms with Gasteiger partial charge in [0, 0.05) is 11.8 Å². The first-order valence-corrected chi connectivity index (χ1v) is 10.2. The third-order valence-corrected chi connectivity index (χ3v) is 5.34. The zero-order chi connectivity index (χ0) is 24.0. The first-order chi connectivity index (χ1) is 16.3. The number of carbonyl (C=O) groups excluding carboxylic acids is 1. The topological polar surface area (TPSA) is 130 Å². The minimum Gasteiger partial charge on any atom is -0.454 e. The van der Waals surface area contributed by atoms with Crippen molar-refractivity contribution in [1.82, 2.24) is 19.3 Å². The van der Waals surface area contributed by atoms with Crippen LogP contribution in [0.3, 0.4) is 0 Å². The number of rotatable bonds is 5. The van der Waals surface area contributed by atoms with E-state index in [1.54, 1.807) is 19.9 Å². The minimum absolute atomic E-state index is 0.0369. The van der Waals surface area contributed by atoms with E-state index >= 15 is 0 Å². The summed E-state index contributed by atoms with van der Waals surface area (Å²) in [6.07, 6.45) is 0. The van der Waals surface area contributed by atoms with Crippen LogP contribution in [0.15, 0.2) is 44.4 Å². The van der Waals surface area contributed by atoms with Gasteiger partial charge in [-0.05, 0) is 37.6 Å². The second-order valence-corrected chi connectivity index (χ2v) is 7.73. The third-order valence-electron chi connectivity index (χ3n) is 5.34. The molecule has 0 bridgehead atoms. The van der Waals surface area contributed by atoms with Gasteiger partial charge in [-0.3, -0.25) is 18.7 Å². The predicted molar refractivity (Wildman–Crippen MR) is 116 cm³/mol. The minimum atomic E-state index is -0.766. The number of hydrogen-bond acceptors (Lipinski definition) is 8. The standard InChI is InChI=1S/C22H18FN5O6/c1-11-3-4-13(5-15(11)23)25-19(29)8-27-16-7-18-17(32-10-33-18)6-14(16)21(30)28(22(27)31)9-20-24-12(2)26-34-20/h3-7H,8-10H2,1-2H3,(H,25,29). The Kier molecular flexibility index (Phi) is 5.11. The highest BCUT2D eigenvalue weighted by Gasteiger charge is 2.22. The quantitative estimate of drug-likeness (QED) is 0.470. The number of nitrogens with one attached hydrogen (secondary N) is 1. The van der Waals surface area contributed by atoms with Crippen molar-refractivity contribution >= 4 is 22.5 Å². The Labute approximate surface area is 190 Å². The van der Waals surface area contributed by atoms with Gasteiger partial charge in [-0.25, -0.2) is 9.18 Å². The van der Waals surface area contributed by atoms with E-state index in [1.165, 1.54) is 24.3 Å². The van der Waals surface area contributed by atoms with Crippen LogP contribution in [0.2, 0.25) is 0 Å². The Morgan fingerprint density at radius 2 is 1.88 bits per heavy atom. The number of amides is 1. The Morgan fingerprint density at radius 3 is 2.59 bits per heavy atom. The second kappa shape index (κ2) is 8.14. The lowest BCUT2D eigenvalue weighted by molar-refractivity contribution is -0.116. The summed E-state index contributed by atoms with van der Waals surface area (Å²) in [5.74, 6) is 0.0146. The molecule has 174 valence electrons. The monoisotopic (exact) mass is 467 g/mol. The van der Waals surface area contributed by atoms with Crippen molar-refractivity contribution in [3.63, 3.8) is 0 Å². The Morgan fingerprint density at radius 1 is 1.12 bits per heavy atom. The largest absolute Gasteiger partial charge is 0.454 e. The van der Waals surface area contributed by atoms with Crippen molar-refractivity contribution in [1.29, 1.82) is 0 Å². The molecule has 0 radical (unpaired) electrons. The second-order valence-electron chi connectivity index (χ2n) is 7.73. The summed E-state index contributed by atoms with van der Waals surface area (Å²) in [4.78, 5) is 43.3. The fourth-order valence-corrected chi connectivity index (χ4v) is 3.65. The maximum absolute atomic E-state index is 13.9. The molecule has 5 rings (SSSR count). The lowest BCUT2D eigenvalue weighted by Crippen LogP contribution is -2.42. The van der Waals surface area contributed by atoms with Crippen molar-refractivity contribution in [2.75, 3.05) is 12.1 Å². The summed E-state index contributed by atoms with van der Waals surface area (Å²) in [5.41, 5.74) is -0.538. The van der Waals surface area contributed by atoms with Crippen LogP contribution in [0.4, 0.5) is 10.1 Å². The first kappa shape index (κ1) is 21.4. The SMILES string of the molecule is Cc1noc(Cn2c(=O)c3cc4c(cc3n(CC(=O)Nc3ccc(C)c(F)c3)c2=O)OCO4)n1. The van der Waals surface area contributed by atoms with Crippen LogP contribution < -0.4 is 26.0 Å². The molecule has 0 saturated heterocycles. The average molecular weight is 467 g/mol. The highest BCUT2D eigenvalue weighted by Crippen LogP contribution is 2.34. The van der Waals surface area contributed by atoms with Crippen LogP contribution in [0.25, 0.3) is 10.9 Å². The third kappa shape index (κ3) is 3.78. The molecule has 0 spiro atoms. The van der Waals surface area contributed by atoms with Gasteiger partial charge >= 0.3 is 5.69 Å². The summed E-state index contributed by atoms with van der Waals surface area (Å²) in [7, 11) is 0. The summed E-state index contributed by atoms with van der Waals surface area (Å²) in [6, 6.07) is 7.19. The number of nitrogens with zero attached hydrogens (tertiary/aromatic N) is 4.